The molecular formula is C16H17NO3. The van der Waals surface area contributed by atoms with Crippen molar-refractivity contribution < 1.29 is 9.72 Å². The Morgan fingerprint density at radius 3 is 2.30 bits per heavy atom. The van der Waals surface area contributed by atoms with Gasteiger partial charge >= 0.3 is 0 Å². The molecule has 104 valence electrons. The van der Waals surface area contributed by atoms with Crippen LogP contribution in [0.25, 0.3) is 0 Å². The second-order valence-corrected chi connectivity index (χ2v) is 6.58. The van der Waals surface area contributed by atoms with E-state index in [1.807, 2.05) is 0 Å². The lowest BCUT2D eigenvalue weighted by Gasteiger charge is -2.07. The molecule has 1 aromatic carbocycles. The average molecular weight is 271 g/mol. The number of Topliss-reactive ketones (excluding diaryl/α,β-unsaturated/α-hetero) is 1. The van der Waals surface area contributed by atoms with Crippen LogP contribution in [0.5, 0.6) is 0 Å². The summed E-state index contributed by atoms with van der Waals surface area (Å²) >= 11 is 0. The van der Waals surface area contributed by atoms with E-state index >= 15 is 0 Å². The number of hydrogen-bond acceptors (Lipinski definition) is 3. The van der Waals surface area contributed by atoms with Crippen molar-refractivity contribution in [2.75, 3.05) is 0 Å². The van der Waals surface area contributed by atoms with Crippen LogP contribution in [0, 0.1) is 39.7 Å². The van der Waals surface area contributed by atoms with Crippen molar-refractivity contribution in [1.82, 2.24) is 0 Å². The highest BCUT2D eigenvalue weighted by Gasteiger charge is 2.66. The van der Waals surface area contributed by atoms with Gasteiger partial charge in [-0.25, -0.2) is 0 Å². The van der Waals surface area contributed by atoms with Crippen LogP contribution in [0.2, 0.25) is 0 Å². The summed E-state index contributed by atoms with van der Waals surface area (Å²) < 4.78 is 0. The van der Waals surface area contributed by atoms with Gasteiger partial charge in [0.25, 0.3) is 5.69 Å². The van der Waals surface area contributed by atoms with E-state index in [4.69, 9.17) is 0 Å². The lowest BCUT2D eigenvalue weighted by atomic mass is 9.96. The molecule has 0 spiro atoms. The van der Waals surface area contributed by atoms with Gasteiger partial charge in [0.1, 0.15) is 5.78 Å². The number of nitrogens with zero attached hydrogens (tertiary/aromatic N) is 1. The molecule has 4 heteroatoms. The molecule has 4 rings (SSSR count). The van der Waals surface area contributed by atoms with E-state index in [0.717, 1.165) is 17.4 Å². The highest BCUT2D eigenvalue weighted by Crippen LogP contribution is 2.69. The molecule has 2 bridgehead atoms. The largest absolute Gasteiger partial charge is 0.299 e. The Morgan fingerprint density at radius 2 is 1.75 bits per heavy atom. The van der Waals surface area contributed by atoms with E-state index < -0.39 is 4.92 Å². The number of carbonyl (C=O) groups excluding carboxylic acids is 1. The molecule has 4 atom stereocenters. The van der Waals surface area contributed by atoms with Gasteiger partial charge in [-0.3, -0.25) is 14.9 Å². The summed E-state index contributed by atoms with van der Waals surface area (Å²) in [6, 6.07) is 6.39. The normalized spacial score (nSPS) is 36.7. The molecule has 3 fully saturated rings. The van der Waals surface area contributed by atoms with Gasteiger partial charge in [-0.2, -0.15) is 0 Å². The third-order valence-corrected chi connectivity index (χ3v) is 5.63. The Kier molecular flexibility index (Phi) is 2.50. The van der Waals surface area contributed by atoms with Crippen LogP contribution in [-0.2, 0) is 11.2 Å². The molecule has 3 aliphatic carbocycles. The number of nitro groups is 1. The summed E-state index contributed by atoms with van der Waals surface area (Å²) in [4.78, 5) is 22.6. The Morgan fingerprint density at radius 1 is 1.15 bits per heavy atom. The highest BCUT2D eigenvalue weighted by atomic mass is 16.6. The minimum atomic E-state index is -0.408. The zero-order chi connectivity index (χ0) is 13.9. The highest BCUT2D eigenvalue weighted by molar-refractivity contribution is 5.87. The van der Waals surface area contributed by atoms with E-state index in [2.05, 4.69) is 0 Å². The second-order valence-electron chi connectivity index (χ2n) is 6.58. The monoisotopic (exact) mass is 271 g/mol. The van der Waals surface area contributed by atoms with Crippen LogP contribution in [0.15, 0.2) is 24.3 Å². The summed E-state index contributed by atoms with van der Waals surface area (Å²) in [5.41, 5.74) is 0.987. The van der Waals surface area contributed by atoms with Crippen molar-refractivity contribution in [2.45, 2.75) is 25.7 Å². The number of non-ortho nitro benzene ring substituents is 1. The fraction of sp³-hybridized carbons (Fsp3) is 0.562. The van der Waals surface area contributed by atoms with E-state index in [-0.39, 0.29) is 5.69 Å². The second kappa shape index (κ2) is 4.14. The number of fused-ring (bicyclic) bond motifs is 5. The summed E-state index contributed by atoms with van der Waals surface area (Å²) in [5.74, 6) is 3.65. The average Bonchev–Trinajstić information content (AvgIpc) is 2.89. The first kappa shape index (κ1) is 12.1. The molecule has 4 unspecified atom stereocenters. The Balaban J connectivity index is 1.42. The standard InChI is InChI=1S/C16H17NO3/c18-13(7-9-1-5-12(6-2-9)17(19)20)16-14-10-3-4-11(8-10)15(14)16/h1-2,5-6,10-11,14-16H,3-4,7-8H2. The first-order chi connectivity index (χ1) is 9.65. The fourth-order valence-corrected chi connectivity index (χ4v) is 4.81. The molecule has 0 aliphatic heterocycles. The van der Waals surface area contributed by atoms with Gasteiger partial charge in [0.2, 0.25) is 0 Å². The number of nitro benzene ring substituents is 1. The van der Waals surface area contributed by atoms with Crippen LogP contribution < -0.4 is 0 Å². The molecule has 4 nitrogen and oxygen atoms in total. The molecular weight excluding hydrogens is 254 g/mol. The van der Waals surface area contributed by atoms with E-state index in [1.165, 1.54) is 31.4 Å². The first-order valence-electron chi connectivity index (χ1n) is 7.41. The Labute approximate surface area is 117 Å². The number of ketones is 1. The smallest absolute Gasteiger partial charge is 0.269 e. The summed E-state index contributed by atoms with van der Waals surface area (Å²) in [7, 11) is 0. The predicted molar refractivity (Wildman–Crippen MR) is 73.1 cm³/mol. The quantitative estimate of drug-likeness (QED) is 0.624. The van der Waals surface area contributed by atoms with E-state index in [0.29, 0.717) is 30.0 Å². The van der Waals surface area contributed by atoms with Gasteiger partial charge in [0.15, 0.2) is 0 Å². The maximum Gasteiger partial charge on any atom is 0.269 e. The summed E-state index contributed by atoms with van der Waals surface area (Å²) in [5, 5.41) is 10.6. The van der Waals surface area contributed by atoms with Gasteiger partial charge < -0.3 is 0 Å². The van der Waals surface area contributed by atoms with Gasteiger partial charge in [-0.05, 0) is 48.5 Å². The van der Waals surface area contributed by atoms with Crippen LogP contribution >= 0.6 is 0 Å². The van der Waals surface area contributed by atoms with Crippen molar-refractivity contribution >= 4 is 11.5 Å². The number of rotatable bonds is 4. The number of hydrogen-bond donors (Lipinski definition) is 0. The van der Waals surface area contributed by atoms with Crippen molar-refractivity contribution in [3.63, 3.8) is 0 Å². The Bertz CT molecular complexity index is 564. The van der Waals surface area contributed by atoms with Crippen molar-refractivity contribution in [3.05, 3.63) is 39.9 Å². The molecule has 3 saturated carbocycles. The molecule has 1 aromatic rings. The predicted octanol–water partition coefficient (Wildman–Crippen LogP) is 3.00. The fourth-order valence-electron chi connectivity index (χ4n) is 4.81. The molecule has 0 N–H and O–H groups in total. The number of carbonyl (C=O) groups is 1. The molecule has 0 amide bonds. The van der Waals surface area contributed by atoms with Crippen molar-refractivity contribution in [1.29, 1.82) is 0 Å². The van der Waals surface area contributed by atoms with E-state index in [9.17, 15) is 14.9 Å². The molecule has 0 aromatic heterocycles. The molecule has 20 heavy (non-hydrogen) atoms. The minimum Gasteiger partial charge on any atom is -0.299 e. The SMILES string of the molecule is O=C(Cc1ccc([N+](=O)[O-])cc1)C1C2C3CCC(C3)C12. The van der Waals surface area contributed by atoms with Gasteiger partial charge in [0.05, 0.1) is 4.92 Å². The summed E-state index contributed by atoms with van der Waals surface area (Å²) in [6.45, 7) is 0. The maximum atomic E-state index is 12.4. The summed E-state index contributed by atoms with van der Waals surface area (Å²) in [6.07, 6.45) is 4.45. The third kappa shape index (κ3) is 1.70. The van der Waals surface area contributed by atoms with Crippen molar-refractivity contribution in [2.24, 2.45) is 29.6 Å². The van der Waals surface area contributed by atoms with Crippen molar-refractivity contribution in [3.8, 4) is 0 Å². The van der Waals surface area contributed by atoms with Gasteiger partial charge in [-0.1, -0.05) is 12.1 Å². The van der Waals surface area contributed by atoms with Crippen LogP contribution in [-0.4, -0.2) is 10.7 Å². The van der Waals surface area contributed by atoms with Crippen LogP contribution in [0.3, 0.4) is 0 Å². The number of benzene rings is 1. The van der Waals surface area contributed by atoms with Gasteiger partial charge in [0, 0.05) is 24.5 Å². The minimum absolute atomic E-state index is 0.0857. The molecule has 0 radical (unpaired) electrons. The van der Waals surface area contributed by atoms with Crippen LogP contribution in [0.4, 0.5) is 5.69 Å². The third-order valence-electron chi connectivity index (χ3n) is 5.63. The molecule has 0 heterocycles. The Hall–Kier alpha value is -1.71. The lowest BCUT2D eigenvalue weighted by molar-refractivity contribution is -0.384. The van der Waals surface area contributed by atoms with E-state index in [1.54, 1.807) is 12.1 Å². The zero-order valence-corrected chi connectivity index (χ0v) is 11.2. The van der Waals surface area contributed by atoms with Gasteiger partial charge in [-0.15, -0.1) is 0 Å². The first-order valence-corrected chi connectivity index (χ1v) is 7.41. The zero-order valence-electron chi connectivity index (χ0n) is 11.2. The molecule has 0 saturated heterocycles. The molecule has 3 aliphatic rings. The topological polar surface area (TPSA) is 60.2 Å². The maximum absolute atomic E-state index is 12.4. The lowest BCUT2D eigenvalue weighted by Crippen LogP contribution is -2.12. The van der Waals surface area contributed by atoms with Crippen LogP contribution in [0.1, 0.15) is 24.8 Å².